The van der Waals surface area contributed by atoms with Crippen LogP contribution >= 0.6 is 0 Å². The molecule has 1 aromatic rings. The molecule has 0 radical (unpaired) electrons. The number of amides is 1. The summed E-state index contributed by atoms with van der Waals surface area (Å²) >= 11 is 0. The molecule has 2 nitrogen and oxygen atoms in total. The maximum atomic E-state index is 11.3. The zero-order valence-corrected chi connectivity index (χ0v) is 8.21. The summed E-state index contributed by atoms with van der Waals surface area (Å²) in [6, 6.07) is 7.47. The van der Waals surface area contributed by atoms with Gasteiger partial charge in [0.1, 0.15) is 0 Å². The van der Waals surface area contributed by atoms with Crippen molar-refractivity contribution in [3.63, 3.8) is 0 Å². The summed E-state index contributed by atoms with van der Waals surface area (Å²) in [5, 5.41) is 2.73. The van der Waals surface area contributed by atoms with E-state index in [1.165, 1.54) is 0 Å². The molecule has 1 amide bonds. The minimum atomic E-state index is -0.161. The SMILES string of the molecule is C=Cc1cccc(NC(=O)C(=C)C)c1. The smallest absolute Gasteiger partial charge is 0.250 e. The van der Waals surface area contributed by atoms with Crippen LogP contribution in [0.3, 0.4) is 0 Å². The topological polar surface area (TPSA) is 29.1 Å². The van der Waals surface area contributed by atoms with Gasteiger partial charge in [0, 0.05) is 11.3 Å². The molecule has 0 atom stereocenters. The Morgan fingerprint density at radius 3 is 2.79 bits per heavy atom. The lowest BCUT2D eigenvalue weighted by Crippen LogP contribution is -2.11. The molecule has 0 saturated carbocycles. The minimum Gasteiger partial charge on any atom is -0.322 e. The second kappa shape index (κ2) is 4.42. The van der Waals surface area contributed by atoms with E-state index < -0.39 is 0 Å². The molecule has 0 fully saturated rings. The number of carbonyl (C=O) groups is 1. The van der Waals surface area contributed by atoms with Crippen LogP contribution in [0.1, 0.15) is 12.5 Å². The van der Waals surface area contributed by atoms with Gasteiger partial charge in [0.05, 0.1) is 0 Å². The van der Waals surface area contributed by atoms with E-state index in [0.29, 0.717) is 5.57 Å². The highest BCUT2D eigenvalue weighted by molar-refractivity contribution is 6.02. The quantitative estimate of drug-likeness (QED) is 0.724. The van der Waals surface area contributed by atoms with Crippen LogP contribution in [0.15, 0.2) is 43.0 Å². The van der Waals surface area contributed by atoms with Crippen molar-refractivity contribution in [1.82, 2.24) is 0 Å². The Kier molecular flexibility index (Phi) is 3.24. The lowest BCUT2D eigenvalue weighted by Gasteiger charge is -2.04. The Labute approximate surface area is 84.0 Å². The lowest BCUT2D eigenvalue weighted by molar-refractivity contribution is -0.112. The highest BCUT2D eigenvalue weighted by Crippen LogP contribution is 2.11. The van der Waals surface area contributed by atoms with Crippen molar-refractivity contribution in [2.45, 2.75) is 6.92 Å². The third-order valence-corrected chi connectivity index (χ3v) is 1.77. The van der Waals surface area contributed by atoms with Crippen LogP contribution in [-0.2, 0) is 4.79 Å². The monoisotopic (exact) mass is 187 g/mol. The van der Waals surface area contributed by atoms with Gasteiger partial charge in [-0.15, -0.1) is 0 Å². The van der Waals surface area contributed by atoms with Crippen molar-refractivity contribution in [2.24, 2.45) is 0 Å². The van der Waals surface area contributed by atoms with Crippen molar-refractivity contribution >= 4 is 17.7 Å². The van der Waals surface area contributed by atoms with E-state index >= 15 is 0 Å². The number of hydrogen-bond acceptors (Lipinski definition) is 1. The molecule has 72 valence electrons. The number of anilines is 1. The molecule has 0 saturated heterocycles. The molecule has 0 aliphatic heterocycles. The van der Waals surface area contributed by atoms with Crippen LogP contribution < -0.4 is 5.32 Å². The molecule has 0 bridgehead atoms. The summed E-state index contributed by atoms with van der Waals surface area (Å²) in [5.41, 5.74) is 2.23. The van der Waals surface area contributed by atoms with E-state index in [0.717, 1.165) is 11.3 Å². The molecule has 0 spiro atoms. The minimum absolute atomic E-state index is 0.161. The Balaban J connectivity index is 2.81. The van der Waals surface area contributed by atoms with Gasteiger partial charge in [-0.3, -0.25) is 4.79 Å². The maximum Gasteiger partial charge on any atom is 0.250 e. The first-order chi connectivity index (χ1) is 6.63. The number of hydrogen-bond donors (Lipinski definition) is 1. The van der Waals surface area contributed by atoms with Crippen LogP contribution in [0.5, 0.6) is 0 Å². The summed E-state index contributed by atoms with van der Waals surface area (Å²) in [6.45, 7) is 8.89. The third-order valence-electron chi connectivity index (χ3n) is 1.77. The molecule has 1 aromatic carbocycles. The summed E-state index contributed by atoms with van der Waals surface area (Å²) in [5.74, 6) is -0.161. The van der Waals surface area contributed by atoms with E-state index in [4.69, 9.17) is 0 Å². The van der Waals surface area contributed by atoms with E-state index in [1.807, 2.05) is 24.3 Å². The van der Waals surface area contributed by atoms with Gasteiger partial charge in [-0.1, -0.05) is 31.4 Å². The molecule has 0 aromatic heterocycles. The van der Waals surface area contributed by atoms with Crippen molar-refractivity contribution in [3.8, 4) is 0 Å². The van der Waals surface area contributed by atoms with Crippen LogP contribution in [0.25, 0.3) is 6.08 Å². The Bertz CT molecular complexity index is 380. The van der Waals surface area contributed by atoms with Crippen LogP contribution in [0.2, 0.25) is 0 Å². The molecule has 2 heteroatoms. The lowest BCUT2D eigenvalue weighted by atomic mass is 10.2. The van der Waals surface area contributed by atoms with E-state index in [2.05, 4.69) is 18.5 Å². The summed E-state index contributed by atoms with van der Waals surface area (Å²) in [6.07, 6.45) is 1.73. The van der Waals surface area contributed by atoms with Gasteiger partial charge in [0.15, 0.2) is 0 Å². The molecule has 0 heterocycles. The van der Waals surface area contributed by atoms with Gasteiger partial charge >= 0.3 is 0 Å². The van der Waals surface area contributed by atoms with Gasteiger partial charge in [-0.25, -0.2) is 0 Å². The zero-order valence-electron chi connectivity index (χ0n) is 8.21. The molecule has 14 heavy (non-hydrogen) atoms. The fourth-order valence-electron chi connectivity index (χ4n) is 0.981. The average molecular weight is 187 g/mol. The first-order valence-corrected chi connectivity index (χ1v) is 4.33. The van der Waals surface area contributed by atoms with Gasteiger partial charge in [0.25, 0.3) is 5.91 Å². The molecule has 1 N–H and O–H groups in total. The normalized spacial score (nSPS) is 9.21. The van der Waals surface area contributed by atoms with E-state index in [-0.39, 0.29) is 5.91 Å². The molecule has 0 aliphatic rings. The predicted molar refractivity (Wildman–Crippen MR) is 60.0 cm³/mol. The Morgan fingerprint density at radius 2 is 2.21 bits per heavy atom. The van der Waals surface area contributed by atoms with Crippen molar-refractivity contribution in [3.05, 3.63) is 48.6 Å². The first-order valence-electron chi connectivity index (χ1n) is 4.33. The number of benzene rings is 1. The highest BCUT2D eigenvalue weighted by Gasteiger charge is 2.01. The fraction of sp³-hybridized carbons (Fsp3) is 0.0833. The molecular formula is C12H13NO. The van der Waals surface area contributed by atoms with Gasteiger partial charge in [-0.2, -0.15) is 0 Å². The van der Waals surface area contributed by atoms with Gasteiger partial charge in [-0.05, 0) is 24.6 Å². The second-order valence-electron chi connectivity index (χ2n) is 3.06. The predicted octanol–water partition coefficient (Wildman–Crippen LogP) is 2.84. The van der Waals surface area contributed by atoms with Crippen LogP contribution in [0, 0.1) is 0 Å². The largest absolute Gasteiger partial charge is 0.322 e. The second-order valence-corrected chi connectivity index (χ2v) is 3.06. The number of nitrogens with one attached hydrogen (secondary N) is 1. The van der Waals surface area contributed by atoms with Crippen molar-refractivity contribution < 1.29 is 4.79 Å². The van der Waals surface area contributed by atoms with E-state index in [1.54, 1.807) is 13.0 Å². The number of rotatable bonds is 3. The molecule has 0 unspecified atom stereocenters. The van der Waals surface area contributed by atoms with Crippen LogP contribution in [-0.4, -0.2) is 5.91 Å². The summed E-state index contributed by atoms with van der Waals surface area (Å²) in [7, 11) is 0. The third kappa shape index (κ3) is 2.59. The number of carbonyl (C=O) groups excluding carboxylic acids is 1. The molecule has 0 aliphatic carbocycles. The summed E-state index contributed by atoms with van der Waals surface area (Å²) in [4.78, 5) is 11.3. The molecular weight excluding hydrogens is 174 g/mol. The zero-order chi connectivity index (χ0) is 10.6. The highest BCUT2D eigenvalue weighted by atomic mass is 16.1. The van der Waals surface area contributed by atoms with Crippen LogP contribution in [0.4, 0.5) is 5.69 Å². The van der Waals surface area contributed by atoms with E-state index in [9.17, 15) is 4.79 Å². The maximum absolute atomic E-state index is 11.3. The van der Waals surface area contributed by atoms with Crippen molar-refractivity contribution in [1.29, 1.82) is 0 Å². The standard InChI is InChI=1S/C12H13NO/c1-4-10-6-5-7-11(8-10)13-12(14)9(2)3/h4-8H,1-2H2,3H3,(H,13,14). The molecule has 1 rings (SSSR count). The fourth-order valence-corrected chi connectivity index (χ4v) is 0.981. The summed E-state index contributed by atoms with van der Waals surface area (Å²) < 4.78 is 0. The van der Waals surface area contributed by atoms with Gasteiger partial charge in [0.2, 0.25) is 0 Å². The Hall–Kier alpha value is -1.83. The Morgan fingerprint density at radius 1 is 1.50 bits per heavy atom. The van der Waals surface area contributed by atoms with Gasteiger partial charge < -0.3 is 5.32 Å². The van der Waals surface area contributed by atoms with Crippen molar-refractivity contribution in [2.75, 3.05) is 5.32 Å². The first kappa shape index (κ1) is 10.3. The average Bonchev–Trinajstić information content (AvgIpc) is 2.18.